The number of sulfone groups is 1. The summed E-state index contributed by atoms with van der Waals surface area (Å²) in [4.78, 5) is 4.16. The van der Waals surface area contributed by atoms with Crippen molar-refractivity contribution in [3.05, 3.63) is 23.8 Å². The van der Waals surface area contributed by atoms with Gasteiger partial charge in [0, 0.05) is 19.6 Å². The van der Waals surface area contributed by atoms with Crippen molar-refractivity contribution in [2.75, 3.05) is 39.3 Å². The molecule has 1 aliphatic rings. The van der Waals surface area contributed by atoms with Gasteiger partial charge in [0.1, 0.15) is 0 Å². The van der Waals surface area contributed by atoms with Crippen LogP contribution in [0.4, 0.5) is 0 Å². The predicted octanol–water partition coefficient (Wildman–Crippen LogP) is 0.988. The van der Waals surface area contributed by atoms with Gasteiger partial charge in [-0.05, 0) is 37.0 Å². The van der Waals surface area contributed by atoms with Gasteiger partial charge in [-0.15, -0.1) is 0 Å². The number of benzene rings is 1. The molecule has 1 atom stereocenters. The van der Waals surface area contributed by atoms with Crippen molar-refractivity contribution in [1.82, 2.24) is 10.6 Å². The molecular formula is C17H27N3O4S. The van der Waals surface area contributed by atoms with Gasteiger partial charge >= 0.3 is 0 Å². The molecule has 2 N–H and O–H groups in total. The maximum atomic E-state index is 11.5. The topological polar surface area (TPSA) is 89.0 Å². The standard InChI is InChI=1S/C17H27N3O4S/c1-18-17(20-14-8-10-25(21,22)12-14)19-9-4-5-13-6-7-15(23-2)16(11-13)24-3/h6-7,11,14H,4-5,8-10,12H2,1-3H3,(H2,18,19,20). The molecule has 0 spiro atoms. The van der Waals surface area contributed by atoms with E-state index in [0.717, 1.165) is 30.9 Å². The van der Waals surface area contributed by atoms with Crippen LogP contribution in [0.15, 0.2) is 23.2 Å². The summed E-state index contributed by atoms with van der Waals surface area (Å²) in [6.07, 6.45) is 2.44. The molecule has 0 aromatic heterocycles. The average Bonchev–Trinajstić information content (AvgIpc) is 2.95. The van der Waals surface area contributed by atoms with E-state index in [2.05, 4.69) is 15.6 Å². The Balaban J connectivity index is 1.76. The highest BCUT2D eigenvalue weighted by Gasteiger charge is 2.28. The number of ether oxygens (including phenoxy) is 2. The molecule has 1 aliphatic heterocycles. The molecule has 0 saturated carbocycles. The summed E-state index contributed by atoms with van der Waals surface area (Å²) in [6, 6.07) is 5.86. The van der Waals surface area contributed by atoms with Crippen molar-refractivity contribution < 1.29 is 17.9 Å². The number of hydrogen-bond acceptors (Lipinski definition) is 5. The third-order valence-corrected chi connectivity index (χ3v) is 5.95. The van der Waals surface area contributed by atoms with E-state index in [1.807, 2.05) is 18.2 Å². The zero-order valence-corrected chi connectivity index (χ0v) is 15.9. The van der Waals surface area contributed by atoms with Gasteiger partial charge in [-0.25, -0.2) is 8.42 Å². The Bertz CT molecular complexity index is 704. The van der Waals surface area contributed by atoms with E-state index in [1.165, 1.54) is 5.56 Å². The highest BCUT2D eigenvalue weighted by molar-refractivity contribution is 7.91. The molecule has 1 fully saturated rings. The zero-order chi connectivity index (χ0) is 18.3. The molecule has 0 bridgehead atoms. The Labute approximate surface area is 149 Å². The van der Waals surface area contributed by atoms with Gasteiger partial charge in [0.15, 0.2) is 27.3 Å². The van der Waals surface area contributed by atoms with E-state index in [9.17, 15) is 8.42 Å². The van der Waals surface area contributed by atoms with Crippen molar-refractivity contribution in [1.29, 1.82) is 0 Å². The number of rotatable bonds is 7. The van der Waals surface area contributed by atoms with Crippen molar-refractivity contribution in [2.24, 2.45) is 4.99 Å². The number of guanidine groups is 1. The summed E-state index contributed by atoms with van der Waals surface area (Å²) < 4.78 is 33.6. The van der Waals surface area contributed by atoms with Crippen LogP contribution in [0.5, 0.6) is 11.5 Å². The fourth-order valence-electron chi connectivity index (χ4n) is 2.83. The van der Waals surface area contributed by atoms with Crippen LogP contribution in [0.3, 0.4) is 0 Å². The van der Waals surface area contributed by atoms with Crippen LogP contribution in [-0.4, -0.2) is 59.7 Å². The first-order chi connectivity index (χ1) is 12.0. The van der Waals surface area contributed by atoms with Gasteiger partial charge in [-0.2, -0.15) is 0 Å². The van der Waals surface area contributed by atoms with Gasteiger partial charge < -0.3 is 20.1 Å². The lowest BCUT2D eigenvalue weighted by Crippen LogP contribution is -2.44. The summed E-state index contributed by atoms with van der Waals surface area (Å²) in [5.74, 6) is 2.53. The number of hydrogen-bond donors (Lipinski definition) is 2. The molecule has 1 saturated heterocycles. The predicted molar refractivity (Wildman–Crippen MR) is 99.4 cm³/mol. The Morgan fingerprint density at radius 3 is 2.64 bits per heavy atom. The maximum absolute atomic E-state index is 11.5. The second-order valence-corrected chi connectivity index (χ2v) is 8.26. The van der Waals surface area contributed by atoms with E-state index in [0.29, 0.717) is 12.4 Å². The second-order valence-electron chi connectivity index (χ2n) is 6.04. The lowest BCUT2D eigenvalue weighted by atomic mass is 10.1. The van der Waals surface area contributed by atoms with Crippen LogP contribution in [0.1, 0.15) is 18.4 Å². The first-order valence-corrected chi connectivity index (χ1v) is 10.2. The molecule has 0 amide bonds. The Morgan fingerprint density at radius 1 is 1.28 bits per heavy atom. The maximum Gasteiger partial charge on any atom is 0.191 e. The first-order valence-electron chi connectivity index (χ1n) is 8.36. The molecular weight excluding hydrogens is 342 g/mol. The van der Waals surface area contributed by atoms with Crippen molar-refractivity contribution >= 4 is 15.8 Å². The summed E-state index contributed by atoms with van der Waals surface area (Å²) in [5.41, 5.74) is 1.17. The van der Waals surface area contributed by atoms with Crippen LogP contribution in [-0.2, 0) is 16.3 Å². The smallest absolute Gasteiger partial charge is 0.191 e. The largest absolute Gasteiger partial charge is 0.493 e. The molecule has 1 unspecified atom stereocenters. The van der Waals surface area contributed by atoms with Crippen molar-refractivity contribution in [3.63, 3.8) is 0 Å². The highest BCUT2D eigenvalue weighted by Crippen LogP contribution is 2.27. The fourth-order valence-corrected chi connectivity index (χ4v) is 4.51. The first kappa shape index (κ1) is 19.4. The summed E-state index contributed by atoms with van der Waals surface area (Å²) in [6.45, 7) is 0.744. The summed E-state index contributed by atoms with van der Waals surface area (Å²) in [5, 5.41) is 6.41. The number of aliphatic imine (C=N–C) groups is 1. The molecule has 0 aliphatic carbocycles. The molecule has 2 rings (SSSR count). The SMILES string of the molecule is CN=C(NCCCc1ccc(OC)c(OC)c1)NC1CCS(=O)(=O)C1. The molecule has 7 nitrogen and oxygen atoms in total. The summed E-state index contributed by atoms with van der Waals surface area (Å²) in [7, 11) is 2.05. The van der Waals surface area contributed by atoms with E-state index in [-0.39, 0.29) is 17.5 Å². The minimum atomic E-state index is -2.89. The van der Waals surface area contributed by atoms with Gasteiger partial charge in [0.2, 0.25) is 0 Å². The Hall–Kier alpha value is -1.96. The molecule has 1 heterocycles. The molecule has 0 radical (unpaired) electrons. The van der Waals surface area contributed by atoms with Crippen LogP contribution >= 0.6 is 0 Å². The molecule has 8 heteroatoms. The van der Waals surface area contributed by atoms with Gasteiger partial charge in [-0.1, -0.05) is 6.07 Å². The Morgan fingerprint density at radius 2 is 2.04 bits per heavy atom. The van der Waals surface area contributed by atoms with Gasteiger partial charge in [0.25, 0.3) is 0 Å². The molecule has 140 valence electrons. The highest BCUT2D eigenvalue weighted by atomic mass is 32.2. The van der Waals surface area contributed by atoms with Crippen LogP contribution < -0.4 is 20.1 Å². The minimum Gasteiger partial charge on any atom is -0.493 e. The summed E-state index contributed by atoms with van der Waals surface area (Å²) >= 11 is 0. The lowest BCUT2D eigenvalue weighted by Gasteiger charge is -2.16. The van der Waals surface area contributed by atoms with Crippen LogP contribution in [0, 0.1) is 0 Å². The quantitative estimate of drug-likeness (QED) is 0.423. The van der Waals surface area contributed by atoms with Crippen LogP contribution in [0.2, 0.25) is 0 Å². The second kappa shape index (κ2) is 8.94. The zero-order valence-electron chi connectivity index (χ0n) is 15.0. The number of nitrogens with zero attached hydrogens (tertiary/aromatic N) is 1. The third-order valence-electron chi connectivity index (χ3n) is 4.18. The monoisotopic (exact) mass is 369 g/mol. The number of aryl methyl sites for hydroxylation is 1. The number of nitrogens with one attached hydrogen (secondary N) is 2. The Kier molecular flexibility index (Phi) is 6.92. The normalized spacial score (nSPS) is 19.5. The molecule has 1 aromatic rings. The van der Waals surface area contributed by atoms with Gasteiger partial charge in [0.05, 0.1) is 25.7 Å². The molecule has 25 heavy (non-hydrogen) atoms. The van der Waals surface area contributed by atoms with E-state index in [4.69, 9.17) is 9.47 Å². The van der Waals surface area contributed by atoms with E-state index in [1.54, 1.807) is 21.3 Å². The fraction of sp³-hybridized carbons (Fsp3) is 0.588. The van der Waals surface area contributed by atoms with Crippen molar-refractivity contribution in [3.8, 4) is 11.5 Å². The minimum absolute atomic E-state index is 0.0537. The lowest BCUT2D eigenvalue weighted by molar-refractivity contribution is 0.354. The average molecular weight is 369 g/mol. The molecule has 1 aromatic carbocycles. The van der Waals surface area contributed by atoms with Gasteiger partial charge in [-0.3, -0.25) is 4.99 Å². The van der Waals surface area contributed by atoms with Crippen LogP contribution in [0.25, 0.3) is 0 Å². The van der Waals surface area contributed by atoms with E-state index < -0.39 is 9.84 Å². The number of methoxy groups -OCH3 is 2. The third kappa shape index (κ3) is 5.81. The van der Waals surface area contributed by atoms with E-state index >= 15 is 0 Å². The van der Waals surface area contributed by atoms with Crippen molar-refractivity contribution in [2.45, 2.75) is 25.3 Å².